The number of nitrogens with one attached hydrogen (secondary N) is 1. The van der Waals surface area contributed by atoms with Crippen molar-refractivity contribution in [3.05, 3.63) is 57.6 Å². The highest BCUT2D eigenvalue weighted by atomic mass is 19.4. The minimum Gasteiger partial charge on any atom is -0.490 e. The molecule has 0 atom stereocenters. The number of nitrogens with zero attached hydrogens (tertiary/aromatic N) is 1. The second-order valence-corrected chi connectivity index (χ2v) is 6.16. The van der Waals surface area contributed by atoms with Crippen LogP contribution in [-0.2, 0) is 6.18 Å². The molecule has 1 amide bonds. The van der Waals surface area contributed by atoms with E-state index in [9.17, 15) is 45.6 Å². The van der Waals surface area contributed by atoms with Crippen molar-refractivity contribution in [2.45, 2.75) is 18.5 Å². The zero-order valence-electron chi connectivity index (χ0n) is 15.9. The van der Waals surface area contributed by atoms with Crippen molar-refractivity contribution in [3.8, 4) is 11.5 Å². The molecule has 2 rings (SSSR count). The van der Waals surface area contributed by atoms with Gasteiger partial charge in [0, 0.05) is 17.3 Å². The lowest BCUT2D eigenvalue weighted by Gasteiger charge is -2.19. The number of carbonyl (C=O) groups excluding carboxylic acids is 1. The number of nitro groups is 1. The lowest BCUT2D eigenvalue weighted by molar-refractivity contribution is -0.385. The fourth-order valence-electron chi connectivity index (χ4n) is 2.37. The Labute approximate surface area is 174 Å². The fraction of sp³-hybridized carbons (Fsp3) is 0.278. The number of amides is 1. The zero-order chi connectivity index (χ0) is 24.3. The van der Waals surface area contributed by atoms with Gasteiger partial charge in [0.1, 0.15) is 5.75 Å². The lowest BCUT2D eigenvalue weighted by atomic mass is 10.1. The first-order valence-electron chi connectivity index (χ1n) is 8.40. The van der Waals surface area contributed by atoms with Crippen LogP contribution in [-0.4, -0.2) is 36.9 Å². The smallest absolute Gasteiger partial charge is 0.420 e. The van der Waals surface area contributed by atoms with E-state index in [0.717, 1.165) is 31.4 Å². The Hall–Kier alpha value is -3.58. The van der Waals surface area contributed by atoms with Crippen LogP contribution in [0.2, 0.25) is 0 Å². The van der Waals surface area contributed by atoms with Gasteiger partial charge in [-0.1, -0.05) is 0 Å². The van der Waals surface area contributed by atoms with E-state index < -0.39 is 58.6 Å². The molecule has 0 radical (unpaired) electrons. The molecule has 0 aromatic heterocycles. The molecule has 2 aromatic carbocycles. The number of benzene rings is 2. The van der Waals surface area contributed by atoms with Crippen molar-refractivity contribution >= 4 is 17.3 Å². The van der Waals surface area contributed by atoms with Gasteiger partial charge in [0.15, 0.2) is 12.4 Å². The Bertz CT molecular complexity index is 1010. The number of hydrogen-bond donors (Lipinski definition) is 1. The summed E-state index contributed by atoms with van der Waals surface area (Å²) in [7, 11) is 1.15. The normalized spacial score (nSPS) is 11.9. The van der Waals surface area contributed by atoms with Crippen molar-refractivity contribution in [1.29, 1.82) is 0 Å². The predicted octanol–water partition coefficient (Wildman–Crippen LogP) is 5.15. The highest BCUT2D eigenvalue weighted by Crippen LogP contribution is 2.39. The summed E-state index contributed by atoms with van der Waals surface area (Å²) in [6.07, 6.45) is -9.29. The van der Waals surface area contributed by atoms with Crippen LogP contribution in [0.1, 0.15) is 15.9 Å². The minimum atomic E-state index is -5.14. The van der Waals surface area contributed by atoms with E-state index in [1.165, 1.54) is 0 Å². The number of methoxy groups -OCH3 is 1. The summed E-state index contributed by atoms with van der Waals surface area (Å²) in [6.45, 7) is -2.00. The monoisotopic (exact) mass is 470 g/mol. The standard InChI is InChI=1S/C18H13F7N2O5/c1-31-14-4-2-9(6-12(14)27(29)30)15(28)26-10-3-5-13(11(7-10)18(23,24)25)32-8-17(21,22)16(19)20/h2-7,16H,8H2,1H3,(H,26,28). The molecule has 2 aromatic rings. The average molecular weight is 470 g/mol. The number of alkyl halides is 7. The van der Waals surface area contributed by atoms with Gasteiger partial charge in [0.2, 0.25) is 0 Å². The van der Waals surface area contributed by atoms with Gasteiger partial charge in [-0.05, 0) is 30.3 Å². The van der Waals surface area contributed by atoms with E-state index >= 15 is 0 Å². The summed E-state index contributed by atoms with van der Waals surface area (Å²) in [5.74, 6) is -7.02. The van der Waals surface area contributed by atoms with E-state index in [1.54, 1.807) is 0 Å². The summed E-state index contributed by atoms with van der Waals surface area (Å²) >= 11 is 0. The van der Waals surface area contributed by atoms with Gasteiger partial charge in [0.05, 0.1) is 17.6 Å². The molecule has 0 aliphatic rings. The van der Waals surface area contributed by atoms with Gasteiger partial charge in [-0.25, -0.2) is 8.78 Å². The number of anilines is 1. The molecule has 0 aliphatic carbocycles. The van der Waals surface area contributed by atoms with Crippen molar-refractivity contribution < 1.29 is 49.9 Å². The van der Waals surface area contributed by atoms with E-state index in [0.29, 0.717) is 12.1 Å². The first-order chi connectivity index (χ1) is 14.8. The maximum absolute atomic E-state index is 13.3. The molecule has 0 aliphatic heterocycles. The fourth-order valence-corrected chi connectivity index (χ4v) is 2.37. The van der Waals surface area contributed by atoms with Gasteiger partial charge in [-0.15, -0.1) is 0 Å². The van der Waals surface area contributed by atoms with E-state index in [2.05, 4.69) is 10.1 Å². The SMILES string of the molecule is COc1ccc(C(=O)Nc2ccc(OCC(F)(F)C(F)F)c(C(F)(F)F)c2)cc1[N+](=O)[O-]. The maximum atomic E-state index is 13.3. The molecule has 0 fully saturated rings. The summed E-state index contributed by atoms with van der Waals surface area (Å²) in [5, 5.41) is 13.1. The number of ether oxygens (including phenoxy) is 2. The number of hydrogen-bond acceptors (Lipinski definition) is 5. The zero-order valence-corrected chi connectivity index (χ0v) is 15.9. The van der Waals surface area contributed by atoms with Crippen molar-refractivity contribution in [2.24, 2.45) is 0 Å². The maximum Gasteiger partial charge on any atom is 0.420 e. The highest BCUT2D eigenvalue weighted by molar-refractivity contribution is 6.05. The quantitative estimate of drug-likeness (QED) is 0.327. The minimum absolute atomic E-state index is 0.159. The Morgan fingerprint density at radius 1 is 1.09 bits per heavy atom. The Balaban J connectivity index is 2.30. The third-order valence-corrected chi connectivity index (χ3v) is 3.92. The van der Waals surface area contributed by atoms with Gasteiger partial charge in [-0.2, -0.15) is 22.0 Å². The molecule has 14 heteroatoms. The highest BCUT2D eigenvalue weighted by Gasteiger charge is 2.43. The molecule has 0 saturated heterocycles. The third kappa shape index (κ3) is 5.76. The summed E-state index contributed by atoms with van der Waals surface area (Å²) in [5.41, 5.74) is -2.93. The summed E-state index contributed by atoms with van der Waals surface area (Å²) in [6, 6.07) is 4.82. The molecule has 0 saturated carbocycles. The Morgan fingerprint density at radius 2 is 1.72 bits per heavy atom. The van der Waals surface area contributed by atoms with Crippen molar-refractivity contribution in [2.75, 3.05) is 19.0 Å². The second-order valence-electron chi connectivity index (χ2n) is 6.16. The molecule has 174 valence electrons. The summed E-state index contributed by atoms with van der Waals surface area (Å²) in [4.78, 5) is 22.5. The molecular formula is C18H13F7N2O5. The topological polar surface area (TPSA) is 90.7 Å². The van der Waals surface area contributed by atoms with Crippen LogP contribution in [0.15, 0.2) is 36.4 Å². The first-order valence-corrected chi connectivity index (χ1v) is 8.40. The van der Waals surface area contributed by atoms with Crippen LogP contribution < -0.4 is 14.8 Å². The average Bonchev–Trinajstić information content (AvgIpc) is 2.71. The molecule has 0 bridgehead atoms. The van der Waals surface area contributed by atoms with E-state index in [4.69, 9.17) is 4.74 Å². The molecule has 0 heterocycles. The first kappa shape index (κ1) is 24.7. The van der Waals surface area contributed by atoms with Crippen LogP contribution in [0.5, 0.6) is 11.5 Å². The van der Waals surface area contributed by atoms with Gasteiger partial charge in [0.25, 0.3) is 5.91 Å². The number of carbonyl (C=O) groups is 1. The third-order valence-electron chi connectivity index (χ3n) is 3.92. The van der Waals surface area contributed by atoms with Crippen LogP contribution >= 0.6 is 0 Å². The van der Waals surface area contributed by atoms with Crippen LogP contribution in [0.3, 0.4) is 0 Å². The molecule has 32 heavy (non-hydrogen) atoms. The van der Waals surface area contributed by atoms with Crippen LogP contribution in [0.4, 0.5) is 42.1 Å². The van der Waals surface area contributed by atoms with Gasteiger partial charge in [-0.3, -0.25) is 14.9 Å². The molecule has 7 nitrogen and oxygen atoms in total. The molecule has 0 unspecified atom stereocenters. The van der Waals surface area contributed by atoms with Gasteiger partial charge >= 0.3 is 24.2 Å². The lowest BCUT2D eigenvalue weighted by Crippen LogP contribution is -2.34. The Kier molecular flexibility index (Phi) is 7.16. The van der Waals surface area contributed by atoms with Gasteiger partial charge < -0.3 is 14.8 Å². The molecule has 0 spiro atoms. The van der Waals surface area contributed by atoms with Crippen molar-refractivity contribution in [3.63, 3.8) is 0 Å². The van der Waals surface area contributed by atoms with E-state index in [-0.39, 0.29) is 11.3 Å². The molecular weight excluding hydrogens is 457 g/mol. The second kappa shape index (κ2) is 9.28. The predicted molar refractivity (Wildman–Crippen MR) is 95.5 cm³/mol. The largest absolute Gasteiger partial charge is 0.490 e. The number of rotatable bonds is 8. The van der Waals surface area contributed by atoms with Crippen LogP contribution in [0.25, 0.3) is 0 Å². The van der Waals surface area contributed by atoms with Crippen LogP contribution in [0, 0.1) is 10.1 Å². The summed E-state index contributed by atoms with van der Waals surface area (Å²) < 4.78 is 99.2. The Morgan fingerprint density at radius 3 is 2.25 bits per heavy atom. The number of halogens is 7. The van der Waals surface area contributed by atoms with E-state index in [1.807, 2.05) is 0 Å². The van der Waals surface area contributed by atoms with Crippen molar-refractivity contribution in [1.82, 2.24) is 0 Å². The molecule has 1 N–H and O–H groups in total. The number of nitro benzene ring substituents is 1.